The lowest BCUT2D eigenvalue weighted by molar-refractivity contribution is -0.143. The quantitative estimate of drug-likeness (QED) is 0.741. The van der Waals surface area contributed by atoms with Crippen LogP contribution in [0.1, 0.15) is 5.56 Å². The van der Waals surface area contributed by atoms with Gasteiger partial charge < -0.3 is 10.4 Å². The Hall–Kier alpha value is -1.60. The van der Waals surface area contributed by atoms with Gasteiger partial charge in [-0.25, -0.2) is 15.1 Å². The Morgan fingerprint density at radius 1 is 1.47 bits per heavy atom. The summed E-state index contributed by atoms with van der Waals surface area (Å²) in [6, 6.07) is 4.73. The van der Waals surface area contributed by atoms with Gasteiger partial charge in [-0.05, 0) is 34.5 Å². The minimum absolute atomic E-state index is 0.571. The van der Waals surface area contributed by atoms with E-state index in [4.69, 9.17) is 5.11 Å². The number of carbonyl (C=O) groups excluding carboxylic acids is 1. The highest BCUT2D eigenvalue weighted by molar-refractivity contribution is 9.10. The maximum absolute atomic E-state index is 11.3. The van der Waals surface area contributed by atoms with Gasteiger partial charge in [0.1, 0.15) is 0 Å². The summed E-state index contributed by atoms with van der Waals surface area (Å²) in [5, 5.41) is 10.8. The van der Waals surface area contributed by atoms with E-state index < -0.39 is 18.6 Å². The lowest BCUT2D eigenvalue weighted by atomic mass is 10.2. The highest BCUT2D eigenvalue weighted by Gasteiger charge is 2.07. The molecule has 17 heavy (non-hydrogen) atoms. The summed E-state index contributed by atoms with van der Waals surface area (Å²) in [7, 11) is 0. The smallest absolute Gasteiger partial charge is 0.343 e. The van der Waals surface area contributed by atoms with Crippen molar-refractivity contribution in [1.82, 2.24) is 5.48 Å². The number of nitrogens with one attached hydrogen (secondary N) is 2. The van der Waals surface area contributed by atoms with Gasteiger partial charge in [0.25, 0.3) is 0 Å². The summed E-state index contributed by atoms with van der Waals surface area (Å²) in [6.45, 7) is 1.29. The summed E-state index contributed by atoms with van der Waals surface area (Å²) in [5.41, 5.74) is 3.50. The molecule has 0 unspecified atom stereocenters. The van der Waals surface area contributed by atoms with Crippen LogP contribution in [0, 0.1) is 6.92 Å². The van der Waals surface area contributed by atoms with Gasteiger partial charge in [0.2, 0.25) is 0 Å². The Bertz CT molecular complexity index is 436. The zero-order valence-electron chi connectivity index (χ0n) is 8.99. The Labute approximate surface area is 106 Å². The molecule has 0 spiro atoms. The number of rotatable bonds is 4. The third-order valence-corrected chi connectivity index (χ3v) is 2.85. The molecule has 0 aliphatic heterocycles. The maximum atomic E-state index is 11.3. The molecular formula is C10H11BrN2O4. The SMILES string of the molecule is Cc1cccc(NC(=O)NOCC(=O)O)c1Br. The molecular weight excluding hydrogens is 292 g/mol. The average Bonchev–Trinajstić information content (AvgIpc) is 2.24. The maximum Gasteiger partial charge on any atom is 0.343 e. The number of hydroxylamine groups is 1. The minimum Gasteiger partial charge on any atom is -0.479 e. The highest BCUT2D eigenvalue weighted by Crippen LogP contribution is 2.25. The number of urea groups is 1. The van der Waals surface area contributed by atoms with Gasteiger partial charge in [-0.3, -0.25) is 4.84 Å². The van der Waals surface area contributed by atoms with E-state index in [0.29, 0.717) is 5.69 Å². The van der Waals surface area contributed by atoms with Gasteiger partial charge in [-0.2, -0.15) is 0 Å². The van der Waals surface area contributed by atoms with Gasteiger partial charge in [0.15, 0.2) is 6.61 Å². The van der Waals surface area contributed by atoms with Crippen LogP contribution in [-0.4, -0.2) is 23.7 Å². The summed E-state index contributed by atoms with van der Waals surface area (Å²) < 4.78 is 0.758. The standard InChI is InChI=1S/C10H11BrN2O4/c1-6-3-2-4-7(9(6)11)12-10(16)13-17-5-8(14)15/h2-4H,5H2,1H3,(H,14,15)(H2,12,13,16). The summed E-state index contributed by atoms with van der Waals surface area (Å²) in [5.74, 6) is -1.16. The summed E-state index contributed by atoms with van der Waals surface area (Å²) in [6.07, 6.45) is 0. The average molecular weight is 303 g/mol. The van der Waals surface area contributed by atoms with Crippen molar-refractivity contribution in [2.45, 2.75) is 6.92 Å². The lowest BCUT2D eigenvalue weighted by Crippen LogP contribution is -2.30. The van der Waals surface area contributed by atoms with Crippen molar-refractivity contribution in [1.29, 1.82) is 0 Å². The molecule has 0 radical (unpaired) electrons. The van der Waals surface area contributed by atoms with Crippen LogP contribution in [0.4, 0.5) is 10.5 Å². The Morgan fingerprint density at radius 2 is 2.18 bits per heavy atom. The number of carbonyl (C=O) groups is 2. The van der Waals surface area contributed by atoms with Crippen LogP contribution >= 0.6 is 15.9 Å². The van der Waals surface area contributed by atoms with Crippen LogP contribution in [0.5, 0.6) is 0 Å². The summed E-state index contributed by atoms with van der Waals surface area (Å²) >= 11 is 3.32. The summed E-state index contributed by atoms with van der Waals surface area (Å²) in [4.78, 5) is 25.9. The number of aryl methyl sites for hydroxylation is 1. The molecule has 0 saturated heterocycles. The number of anilines is 1. The third-order valence-electron chi connectivity index (χ3n) is 1.80. The van der Waals surface area contributed by atoms with E-state index in [-0.39, 0.29) is 0 Å². The fourth-order valence-electron chi connectivity index (χ4n) is 1.06. The largest absolute Gasteiger partial charge is 0.479 e. The van der Waals surface area contributed by atoms with E-state index in [1.54, 1.807) is 12.1 Å². The van der Waals surface area contributed by atoms with Crippen molar-refractivity contribution in [3.63, 3.8) is 0 Å². The molecule has 7 heteroatoms. The van der Waals surface area contributed by atoms with Crippen molar-refractivity contribution in [3.05, 3.63) is 28.2 Å². The molecule has 1 aromatic carbocycles. The molecule has 6 nitrogen and oxygen atoms in total. The number of halogens is 1. The molecule has 3 N–H and O–H groups in total. The van der Waals surface area contributed by atoms with Crippen molar-refractivity contribution >= 4 is 33.6 Å². The Kier molecular flexibility index (Phi) is 4.92. The Morgan fingerprint density at radius 3 is 2.82 bits per heavy atom. The normalized spacial score (nSPS) is 9.76. The van der Waals surface area contributed by atoms with Gasteiger partial charge in [0, 0.05) is 4.47 Å². The van der Waals surface area contributed by atoms with Crippen LogP contribution in [0.15, 0.2) is 22.7 Å². The number of hydrogen-bond acceptors (Lipinski definition) is 3. The molecule has 0 heterocycles. The van der Waals surface area contributed by atoms with E-state index in [1.165, 1.54) is 0 Å². The predicted octanol–water partition coefficient (Wildman–Crippen LogP) is 1.90. The highest BCUT2D eigenvalue weighted by atomic mass is 79.9. The van der Waals surface area contributed by atoms with Crippen LogP contribution in [0.25, 0.3) is 0 Å². The second-order valence-corrected chi connectivity index (χ2v) is 3.97. The lowest BCUT2D eigenvalue weighted by Gasteiger charge is -2.09. The van der Waals surface area contributed by atoms with E-state index in [9.17, 15) is 9.59 Å². The fourth-order valence-corrected chi connectivity index (χ4v) is 1.42. The molecule has 92 valence electrons. The first-order valence-electron chi connectivity index (χ1n) is 4.66. The van der Waals surface area contributed by atoms with Crippen molar-refractivity contribution < 1.29 is 19.5 Å². The molecule has 0 aliphatic carbocycles. The second kappa shape index (κ2) is 6.21. The van der Waals surface area contributed by atoms with Crippen LogP contribution in [0.3, 0.4) is 0 Å². The van der Waals surface area contributed by atoms with Crippen molar-refractivity contribution in [2.24, 2.45) is 0 Å². The first kappa shape index (κ1) is 13.5. The molecule has 0 fully saturated rings. The topological polar surface area (TPSA) is 87.7 Å². The Balaban J connectivity index is 2.51. The molecule has 2 amide bonds. The predicted molar refractivity (Wildman–Crippen MR) is 64.6 cm³/mol. The molecule has 1 aromatic rings. The number of benzene rings is 1. The number of aliphatic carboxylic acids is 1. The number of hydrogen-bond donors (Lipinski definition) is 3. The van der Waals surface area contributed by atoms with Crippen LogP contribution in [0.2, 0.25) is 0 Å². The zero-order chi connectivity index (χ0) is 12.8. The monoisotopic (exact) mass is 302 g/mol. The molecule has 0 aliphatic rings. The van der Waals surface area contributed by atoms with Crippen LogP contribution in [-0.2, 0) is 9.63 Å². The van der Waals surface area contributed by atoms with Gasteiger partial charge in [-0.1, -0.05) is 12.1 Å². The number of carboxylic acids is 1. The molecule has 0 bridgehead atoms. The number of amides is 2. The van der Waals surface area contributed by atoms with Crippen LogP contribution < -0.4 is 10.8 Å². The molecule has 0 saturated carbocycles. The van der Waals surface area contributed by atoms with Gasteiger partial charge >= 0.3 is 12.0 Å². The van der Waals surface area contributed by atoms with E-state index in [0.717, 1.165) is 10.0 Å². The van der Waals surface area contributed by atoms with E-state index in [2.05, 4.69) is 26.1 Å². The minimum atomic E-state index is -1.16. The second-order valence-electron chi connectivity index (χ2n) is 3.18. The third kappa shape index (κ3) is 4.41. The van der Waals surface area contributed by atoms with Crippen molar-refractivity contribution in [3.8, 4) is 0 Å². The number of carboxylic acid groups (broad SMARTS) is 1. The zero-order valence-corrected chi connectivity index (χ0v) is 10.6. The first-order chi connectivity index (χ1) is 8.00. The van der Waals surface area contributed by atoms with E-state index >= 15 is 0 Å². The van der Waals surface area contributed by atoms with Crippen molar-refractivity contribution in [2.75, 3.05) is 11.9 Å². The fraction of sp³-hybridized carbons (Fsp3) is 0.200. The molecule has 1 rings (SSSR count). The van der Waals surface area contributed by atoms with Gasteiger partial charge in [-0.15, -0.1) is 0 Å². The van der Waals surface area contributed by atoms with Gasteiger partial charge in [0.05, 0.1) is 5.69 Å². The molecule has 0 atom stereocenters. The first-order valence-corrected chi connectivity index (χ1v) is 5.45. The molecule has 0 aromatic heterocycles. The van der Waals surface area contributed by atoms with E-state index in [1.807, 2.05) is 18.5 Å².